The van der Waals surface area contributed by atoms with Gasteiger partial charge in [-0.15, -0.1) is 21.5 Å². The van der Waals surface area contributed by atoms with Gasteiger partial charge in [0.05, 0.1) is 53.3 Å². The van der Waals surface area contributed by atoms with E-state index in [0.29, 0.717) is 38.6 Å². The number of hydrogen-bond donors (Lipinski definition) is 4. The number of methoxy groups -OCH3 is 1. The molecule has 3 amide bonds. The fourth-order valence-electron chi connectivity index (χ4n) is 5.42. The van der Waals surface area contributed by atoms with Gasteiger partial charge in [-0.3, -0.25) is 14.4 Å². The number of hydrogen-bond acceptors (Lipinski definition) is 10. The van der Waals surface area contributed by atoms with Crippen LogP contribution in [0.25, 0.3) is 10.6 Å². The maximum Gasteiger partial charge on any atom is 0.272 e. The van der Waals surface area contributed by atoms with Gasteiger partial charge < -0.3 is 30.9 Å². The molecule has 2 aromatic heterocycles. The lowest BCUT2D eigenvalue weighted by molar-refractivity contribution is -0.117. The van der Waals surface area contributed by atoms with Crippen LogP contribution in [0, 0.1) is 12.8 Å². The number of benzene rings is 1. The van der Waals surface area contributed by atoms with Crippen molar-refractivity contribution in [2.24, 2.45) is 5.92 Å². The second-order valence-electron chi connectivity index (χ2n) is 12.0. The first-order valence-corrected chi connectivity index (χ1v) is 15.9. The maximum atomic E-state index is 13.3. The summed E-state index contributed by atoms with van der Waals surface area (Å²) in [6, 6.07) is 7.49. The maximum absolute atomic E-state index is 13.3. The van der Waals surface area contributed by atoms with E-state index in [4.69, 9.17) is 33.3 Å². The van der Waals surface area contributed by atoms with Crippen molar-refractivity contribution < 1.29 is 19.1 Å². The van der Waals surface area contributed by atoms with E-state index in [9.17, 15) is 14.4 Å². The van der Waals surface area contributed by atoms with Crippen molar-refractivity contribution in [2.45, 2.75) is 62.8 Å². The molecule has 0 spiro atoms. The monoisotopic (exact) mass is 636 g/mol. The van der Waals surface area contributed by atoms with Crippen molar-refractivity contribution >= 4 is 69.8 Å². The summed E-state index contributed by atoms with van der Waals surface area (Å²) < 4.78 is 5.81. The number of rotatable bonds is 11. The predicted molar refractivity (Wildman–Crippen MR) is 180 cm³/mol. The summed E-state index contributed by atoms with van der Waals surface area (Å²) in [7, 11) is 22.5. The molecular weight excluding hydrogens is 601 g/mol. The zero-order valence-corrected chi connectivity index (χ0v) is 27.2. The van der Waals surface area contributed by atoms with Crippen LogP contribution in [0.3, 0.4) is 0 Å². The number of aryl methyl sites for hydroxylation is 1. The Hall–Kier alpha value is -3.91. The van der Waals surface area contributed by atoms with Crippen LogP contribution in [-0.2, 0) is 4.79 Å². The minimum atomic E-state index is -2.01. The van der Waals surface area contributed by atoms with Gasteiger partial charge in [0, 0.05) is 24.1 Å². The minimum absolute atomic E-state index is 0.0721. The topological polar surface area (TPSA) is 150 Å². The van der Waals surface area contributed by atoms with E-state index in [2.05, 4.69) is 50.5 Å². The molecule has 6 radical (unpaired) electrons. The van der Waals surface area contributed by atoms with Gasteiger partial charge in [0.15, 0.2) is 17.3 Å². The minimum Gasteiger partial charge on any atom is -0.494 e. The predicted octanol–water partition coefficient (Wildman–Crippen LogP) is 2.46. The summed E-state index contributed by atoms with van der Waals surface area (Å²) >= 11 is 1.28. The van der Waals surface area contributed by atoms with Crippen LogP contribution in [0.1, 0.15) is 64.4 Å². The van der Waals surface area contributed by atoms with Crippen molar-refractivity contribution in [3.63, 3.8) is 0 Å². The van der Waals surface area contributed by atoms with Crippen LogP contribution in [0.2, 0.25) is 0 Å². The van der Waals surface area contributed by atoms with E-state index in [-0.39, 0.29) is 41.0 Å². The molecule has 0 unspecified atom stereocenters. The molecule has 0 bridgehead atoms. The molecule has 0 saturated heterocycles. The van der Waals surface area contributed by atoms with Gasteiger partial charge in [0.2, 0.25) is 5.91 Å². The number of aromatic nitrogens is 3. The van der Waals surface area contributed by atoms with Crippen LogP contribution in [0.15, 0.2) is 24.3 Å². The molecule has 2 fully saturated rings. The molecule has 3 aromatic rings. The summed E-state index contributed by atoms with van der Waals surface area (Å²) in [4.78, 5) is 46.2. The quantitative estimate of drug-likeness (QED) is 0.233. The van der Waals surface area contributed by atoms with Gasteiger partial charge in [-0.05, 0) is 71.7 Å². The van der Waals surface area contributed by atoms with Crippen molar-refractivity contribution in [2.75, 3.05) is 31.8 Å². The molecule has 46 heavy (non-hydrogen) atoms. The normalized spacial score (nSPS) is 18.1. The molecule has 12 nitrogen and oxygen atoms in total. The average Bonchev–Trinajstić information content (AvgIpc) is 3.78. The fraction of sp³-hybridized carbons (Fsp3) is 0.467. The number of carbonyl (C=O) groups excluding carboxylic acids is 3. The first-order valence-electron chi connectivity index (χ1n) is 15.1. The highest BCUT2D eigenvalue weighted by Crippen LogP contribution is 2.41. The van der Waals surface area contributed by atoms with Crippen LogP contribution < -0.4 is 26.0 Å². The summed E-state index contributed by atoms with van der Waals surface area (Å²) in [5.41, 5.74) is 1.70. The van der Waals surface area contributed by atoms with E-state index < -0.39 is 11.1 Å². The molecule has 2 saturated carbocycles. The summed E-state index contributed by atoms with van der Waals surface area (Å²) in [5.74, 6) is -0.633. The van der Waals surface area contributed by atoms with E-state index in [1.165, 1.54) is 24.5 Å². The summed E-state index contributed by atoms with van der Waals surface area (Å²) in [5, 5.41) is 17.9. The molecule has 0 atom stereocenters. The Morgan fingerprint density at radius 3 is 2.35 bits per heavy atom. The van der Waals surface area contributed by atoms with E-state index in [1.54, 1.807) is 12.1 Å². The van der Waals surface area contributed by atoms with Crippen molar-refractivity contribution in [3.8, 4) is 16.3 Å². The molecule has 234 valence electrons. The number of anilines is 3. The van der Waals surface area contributed by atoms with Gasteiger partial charge in [0.25, 0.3) is 11.8 Å². The SMILES string of the molecule is [B]C([B])([B])NC(=O)c1nnc(NC(=O)C2CC2)cc1Nc1cccc(-c2nc(C)c(C(=O)NC3CCC(N(C)C)CC3)s2)c1OC. The molecule has 4 N–H and O–H groups in total. The molecular formula is C30H35B3N8O4S. The molecule has 0 aliphatic heterocycles. The Kier molecular flexibility index (Phi) is 10.1. The number of amides is 3. The number of nitrogens with one attached hydrogen (secondary N) is 4. The summed E-state index contributed by atoms with van der Waals surface area (Å²) in [6.45, 7) is 1.81. The van der Waals surface area contributed by atoms with Crippen molar-refractivity contribution in [1.29, 1.82) is 0 Å². The zero-order chi connectivity index (χ0) is 33.2. The van der Waals surface area contributed by atoms with E-state index in [1.807, 2.05) is 13.0 Å². The lowest BCUT2D eigenvalue weighted by atomic mass is 9.49. The third-order valence-corrected chi connectivity index (χ3v) is 9.21. The Balaban J connectivity index is 1.40. The van der Waals surface area contributed by atoms with Gasteiger partial charge >= 0.3 is 0 Å². The van der Waals surface area contributed by atoms with Gasteiger partial charge in [0.1, 0.15) is 9.88 Å². The van der Waals surface area contributed by atoms with Crippen LogP contribution in [-0.4, -0.2) is 99.9 Å². The number of thiazole rings is 1. The third kappa shape index (κ3) is 8.08. The lowest BCUT2D eigenvalue weighted by Gasteiger charge is -2.32. The highest BCUT2D eigenvalue weighted by molar-refractivity contribution is 7.17. The van der Waals surface area contributed by atoms with Gasteiger partial charge in [-0.1, -0.05) is 11.3 Å². The number of ether oxygens (including phenoxy) is 1. The molecule has 16 heteroatoms. The summed E-state index contributed by atoms with van der Waals surface area (Å²) in [6.07, 6.45) is 5.55. The zero-order valence-electron chi connectivity index (χ0n) is 26.3. The van der Waals surface area contributed by atoms with E-state index in [0.717, 1.165) is 38.5 Å². The van der Waals surface area contributed by atoms with Crippen LogP contribution >= 0.6 is 11.3 Å². The van der Waals surface area contributed by atoms with Crippen molar-refractivity contribution in [3.05, 3.63) is 40.5 Å². The highest BCUT2D eigenvalue weighted by Gasteiger charge is 2.31. The standard InChI is InChI=1S/C30H35B3N8O4S/c1-15-25(28(44)35-17-10-12-18(13-11-17)41(2)3)46-29(34-15)19-6-5-7-20(24(19)45-4)36-21-14-22(37-26(42)16-8-9-16)39-40-23(21)27(43)38-30(31,32)33/h5-7,14,16-18H,8-13H2,1-4H3,(H,35,44)(H,38,43)(H2,36,37,39,42). The molecule has 1 aromatic carbocycles. The Labute approximate surface area is 276 Å². The first-order chi connectivity index (χ1) is 21.8. The fourth-order valence-corrected chi connectivity index (χ4v) is 6.42. The Bertz CT molecular complexity index is 1620. The van der Waals surface area contributed by atoms with Gasteiger partial charge in [-0.25, -0.2) is 4.98 Å². The second kappa shape index (κ2) is 13.8. The average molecular weight is 636 g/mol. The van der Waals surface area contributed by atoms with E-state index >= 15 is 0 Å². The number of nitrogens with zero attached hydrogens (tertiary/aromatic N) is 4. The largest absolute Gasteiger partial charge is 0.494 e. The van der Waals surface area contributed by atoms with Crippen LogP contribution in [0.5, 0.6) is 5.75 Å². The Morgan fingerprint density at radius 2 is 1.72 bits per heavy atom. The number of para-hydroxylation sites is 1. The van der Waals surface area contributed by atoms with Gasteiger partial charge in [-0.2, -0.15) is 0 Å². The molecule has 2 aliphatic rings. The lowest BCUT2D eigenvalue weighted by Crippen LogP contribution is -2.50. The third-order valence-electron chi connectivity index (χ3n) is 8.02. The second-order valence-corrected chi connectivity index (χ2v) is 13.0. The Morgan fingerprint density at radius 1 is 1.00 bits per heavy atom. The number of carbonyl (C=O) groups is 3. The molecule has 5 rings (SSSR count). The van der Waals surface area contributed by atoms with Crippen molar-refractivity contribution in [1.82, 2.24) is 30.7 Å². The highest BCUT2D eigenvalue weighted by atomic mass is 32.1. The molecule has 2 aliphatic carbocycles. The first kappa shape index (κ1) is 33.5. The molecule has 2 heterocycles. The smallest absolute Gasteiger partial charge is 0.272 e. The van der Waals surface area contributed by atoms with Crippen LogP contribution in [0.4, 0.5) is 17.2 Å².